The number of methoxy groups -OCH3 is 1. The SMILES string of the molecule is COc1cnn(C(C)C)c1C1(O)CSCC(C)(C)C1. The van der Waals surface area contributed by atoms with Gasteiger partial charge in [-0.2, -0.15) is 16.9 Å². The van der Waals surface area contributed by atoms with E-state index in [2.05, 4.69) is 32.8 Å². The van der Waals surface area contributed by atoms with Gasteiger partial charge in [-0.15, -0.1) is 0 Å². The molecule has 0 aromatic carbocycles. The Balaban J connectivity index is 2.47. The van der Waals surface area contributed by atoms with Gasteiger partial charge in [-0.3, -0.25) is 4.68 Å². The third kappa shape index (κ3) is 2.77. The summed E-state index contributed by atoms with van der Waals surface area (Å²) in [6.45, 7) is 8.54. The average molecular weight is 284 g/mol. The lowest BCUT2D eigenvalue weighted by Crippen LogP contribution is -2.42. The highest BCUT2D eigenvalue weighted by Gasteiger charge is 2.44. The number of hydrogen-bond acceptors (Lipinski definition) is 4. The highest BCUT2D eigenvalue weighted by molar-refractivity contribution is 7.99. The van der Waals surface area contributed by atoms with Gasteiger partial charge in [0.25, 0.3) is 0 Å². The van der Waals surface area contributed by atoms with Crippen LogP contribution in [0.3, 0.4) is 0 Å². The summed E-state index contributed by atoms with van der Waals surface area (Å²) in [5.74, 6) is 2.47. The van der Waals surface area contributed by atoms with Crippen molar-refractivity contribution in [3.05, 3.63) is 11.9 Å². The van der Waals surface area contributed by atoms with Crippen LogP contribution in [-0.4, -0.2) is 33.5 Å². The summed E-state index contributed by atoms with van der Waals surface area (Å²) in [7, 11) is 1.63. The van der Waals surface area contributed by atoms with Crippen molar-refractivity contribution in [2.45, 2.75) is 45.8 Å². The third-order valence-corrected chi connectivity index (χ3v) is 5.18. The van der Waals surface area contributed by atoms with E-state index >= 15 is 0 Å². The molecule has 4 nitrogen and oxygen atoms in total. The summed E-state index contributed by atoms with van der Waals surface area (Å²) >= 11 is 1.80. The summed E-state index contributed by atoms with van der Waals surface area (Å²) in [5.41, 5.74) is 0.0816. The Morgan fingerprint density at radius 1 is 1.42 bits per heavy atom. The van der Waals surface area contributed by atoms with Crippen molar-refractivity contribution in [2.75, 3.05) is 18.6 Å². The molecule has 1 atom stereocenters. The summed E-state index contributed by atoms with van der Waals surface area (Å²) < 4.78 is 7.30. The average Bonchev–Trinajstić information content (AvgIpc) is 2.71. The molecule has 1 N–H and O–H groups in total. The molecule has 1 aromatic heterocycles. The molecule has 0 radical (unpaired) electrons. The normalized spacial score (nSPS) is 26.7. The minimum absolute atomic E-state index is 0.120. The molecule has 2 rings (SSSR count). The van der Waals surface area contributed by atoms with Crippen molar-refractivity contribution < 1.29 is 9.84 Å². The van der Waals surface area contributed by atoms with Crippen LogP contribution >= 0.6 is 11.8 Å². The molecule has 5 heteroatoms. The Morgan fingerprint density at radius 2 is 2.11 bits per heavy atom. The minimum Gasteiger partial charge on any atom is -0.493 e. The lowest BCUT2D eigenvalue weighted by atomic mass is 9.80. The zero-order chi connectivity index (χ0) is 14.3. The van der Waals surface area contributed by atoms with Gasteiger partial charge in [0.2, 0.25) is 0 Å². The molecule has 0 amide bonds. The van der Waals surface area contributed by atoms with E-state index in [0.29, 0.717) is 11.5 Å². The van der Waals surface area contributed by atoms with Gasteiger partial charge in [0.05, 0.1) is 13.3 Å². The molecule has 1 aliphatic heterocycles. The van der Waals surface area contributed by atoms with Crippen LogP contribution in [0.25, 0.3) is 0 Å². The second-order valence-electron chi connectivity index (χ2n) is 6.47. The highest BCUT2D eigenvalue weighted by Crippen LogP contribution is 2.47. The molecule has 1 saturated heterocycles. The lowest BCUT2D eigenvalue weighted by molar-refractivity contribution is 0.00467. The first kappa shape index (κ1) is 14.7. The topological polar surface area (TPSA) is 47.3 Å². The van der Waals surface area contributed by atoms with Gasteiger partial charge in [-0.05, 0) is 31.4 Å². The van der Waals surface area contributed by atoms with Gasteiger partial charge < -0.3 is 9.84 Å². The Morgan fingerprint density at radius 3 is 2.63 bits per heavy atom. The largest absolute Gasteiger partial charge is 0.493 e. The van der Waals surface area contributed by atoms with Crippen LogP contribution in [0.4, 0.5) is 0 Å². The highest BCUT2D eigenvalue weighted by atomic mass is 32.2. The first-order valence-electron chi connectivity index (χ1n) is 6.71. The maximum absolute atomic E-state index is 11.1. The van der Waals surface area contributed by atoms with Crippen LogP contribution in [0.15, 0.2) is 6.20 Å². The van der Waals surface area contributed by atoms with Gasteiger partial charge >= 0.3 is 0 Å². The molecule has 0 bridgehead atoms. The molecule has 1 fully saturated rings. The quantitative estimate of drug-likeness (QED) is 0.927. The molecule has 2 heterocycles. The second-order valence-corrected chi connectivity index (χ2v) is 7.45. The van der Waals surface area contributed by atoms with Crippen LogP contribution in [0.5, 0.6) is 5.75 Å². The van der Waals surface area contributed by atoms with Crippen LogP contribution in [-0.2, 0) is 5.60 Å². The van der Waals surface area contributed by atoms with Gasteiger partial charge in [-0.1, -0.05) is 13.8 Å². The number of aliphatic hydroxyl groups is 1. The van der Waals surface area contributed by atoms with Crippen molar-refractivity contribution in [1.29, 1.82) is 0 Å². The van der Waals surface area contributed by atoms with Gasteiger partial charge in [-0.25, -0.2) is 0 Å². The van der Waals surface area contributed by atoms with Crippen molar-refractivity contribution in [1.82, 2.24) is 9.78 Å². The number of rotatable bonds is 3. The Labute approximate surface area is 119 Å². The fourth-order valence-corrected chi connectivity index (χ4v) is 4.21. The standard InChI is InChI=1S/C14H24N2O2S/c1-10(2)16-12(11(18-5)6-15-16)14(17)7-13(3,4)8-19-9-14/h6,10,17H,7-9H2,1-5H3. The summed E-state index contributed by atoms with van der Waals surface area (Å²) in [4.78, 5) is 0. The molecule has 19 heavy (non-hydrogen) atoms. The van der Waals surface area contributed by atoms with E-state index in [0.717, 1.165) is 17.9 Å². The molecule has 0 spiro atoms. The molecule has 108 valence electrons. The van der Waals surface area contributed by atoms with E-state index in [1.165, 1.54) is 0 Å². The first-order valence-corrected chi connectivity index (χ1v) is 7.87. The fourth-order valence-electron chi connectivity index (χ4n) is 2.87. The molecule has 1 aromatic rings. The van der Waals surface area contributed by atoms with E-state index in [-0.39, 0.29) is 11.5 Å². The number of nitrogens with zero attached hydrogens (tertiary/aromatic N) is 2. The molecule has 1 aliphatic rings. The minimum atomic E-state index is -0.863. The third-order valence-electron chi connectivity index (χ3n) is 3.52. The van der Waals surface area contributed by atoms with Gasteiger partial charge in [0.15, 0.2) is 5.75 Å². The summed E-state index contributed by atoms with van der Waals surface area (Å²) in [5, 5.41) is 15.5. The first-order chi connectivity index (χ1) is 8.79. The maximum atomic E-state index is 11.1. The molecule has 0 aliphatic carbocycles. The Kier molecular flexibility index (Phi) is 3.89. The van der Waals surface area contributed by atoms with Crippen LogP contribution in [0.1, 0.15) is 45.9 Å². The maximum Gasteiger partial charge on any atom is 0.162 e. The zero-order valence-electron chi connectivity index (χ0n) is 12.4. The van der Waals surface area contributed by atoms with Crippen LogP contribution < -0.4 is 4.74 Å². The number of hydrogen-bond donors (Lipinski definition) is 1. The van der Waals surface area contributed by atoms with Gasteiger partial charge in [0, 0.05) is 11.8 Å². The predicted octanol–water partition coefficient (Wildman–Crippen LogP) is 2.82. The smallest absolute Gasteiger partial charge is 0.162 e. The van der Waals surface area contributed by atoms with Gasteiger partial charge in [0.1, 0.15) is 11.3 Å². The number of thioether (sulfide) groups is 1. The monoisotopic (exact) mass is 284 g/mol. The van der Waals surface area contributed by atoms with Crippen LogP contribution in [0, 0.1) is 5.41 Å². The van der Waals surface area contributed by atoms with E-state index in [1.807, 2.05) is 4.68 Å². The predicted molar refractivity (Wildman–Crippen MR) is 78.8 cm³/mol. The van der Waals surface area contributed by atoms with E-state index in [9.17, 15) is 5.11 Å². The van der Waals surface area contributed by atoms with Crippen LogP contribution in [0.2, 0.25) is 0 Å². The molecule has 0 saturated carbocycles. The zero-order valence-corrected chi connectivity index (χ0v) is 13.3. The second kappa shape index (κ2) is 5.02. The Hall–Kier alpha value is -0.680. The summed E-state index contributed by atoms with van der Waals surface area (Å²) in [6.07, 6.45) is 2.45. The lowest BCUT2D eigenvalue weighted by Gasteiger charge is -2.41. The van der Waals surface area contributed by atoms with Crippen molar-refractivity contribution in [3.63, 3.8) is 0 Å². The summed E-state index contributed by atoms with van der Waals surface area (Å²) in [6, 6.07) is 0.206. The van der Waals surface area contributed by atoms with E-state index in [4.69, 9.17) is 4.74 Å². The van der Waals surface area contributed by atoms with E-state index < -0.39 is 5.60 Å². The molecule has 1 unspecified atom stereocenters. The number of ether oxygens (including phenoxy) is 1. The van der Waals surface area contributed by atoms with Crippen molar-refractivity contribution in [3.8, 4) is 5.75 Å². The fraction of sp³-hybridized carbons (Fsp3) is 0.786. The molecular formula is C14H24N2O2S. The molecular weight excluding hydrogens is 260 g/mol. The van der Waals surface area contributed by atoms with Crippen molar-refractivity contribution in [2.24, 2.45) is 5.41 Å². The van der Waals surface area contributed by atoms with Crippen molar-refractivity contribution >= 4 is 11.8 Å². The Bertz CT molecular complexity index is 456. The number of aromatic nitrogens is 2. The van der Waals surface area contributed by atoms with E-state index in [1.54, 1.807) is 25.1 Å².